The zero-order valence-corrected chi connectivity index (χ0v) is 12.7. The van der Waals surface area contributed by atoms with Gasteiger partial charge in [-0.05, 0) is 30.2 Å². The lowest BCUT2D eigenvalue weighted by atomic mass is 10.2. The fraction of sp³-hybridized carbons (Fsp3) is 0.312. The van der Waals surface area contributed by atoms with Crippen LogP contribution >= 0.6 is 11.6 Å². The predicted molar refractivity (Wildman–Crippen MR) is 82.5 cm³/mol. The van der Waals surface area contributed by atoms with Gasteiger partial charge in [0.05, 0.1) is 5.02 Å². The Hall–Kier alpha value is -1.58. The number of rotatable bonds is 5. The first-order valence-electron chi connectivity index (χ1n) is 6.67. The van der Waals surface area contributed by atoms with Crippen LogP contribution in [0.1, 0.15) is 25.0 Å². The van der Waals surface area contributed by atoms with Crippen LogP contribution in [0.15, 0.2) is 36.5 Å². The van der Waals surface area contributed by atoms with E-state index < -0.39 is 0 Å². The van der Waals surface area contributed by atoms with Crippen LogP contribution in [0.2, 0.25) is 5.02 Å². The third-order valence-corrected chi connectivity index (χ3v) is 3.13. The van der Waals surface area contributed by atoms with Gasteiger partial charge in [0.1, 0.15) is 5.75 Å². The van der Waals surface area contributed by atoms with Gasteiger partial charge >= 0.3 is 0 Å². The number of hydrogen-bond acceptors (Lipinski definition) is 3. The first-order valence-corrected chi connectivity index (χ1v) is 7.04. The Bertz CT molecular complexity index is 567. The first kappa shape index (κ1) is 14.8. The molecule has 4 heteroatoms. The lowest BCUT2D eigenvalue weighted by molar-refractivity contribution is 0.462. The van der Waals surface area contributed by atoms with E-state index in [-0.39, 0.29) is 0 Å². The Balaban J connectivity index is 2.05. The summed E-state index contributed by atoms with van der Waals surface area (Å²) in [6.45, 7) is 7.03. The molecule has 1 aromatic carbocycles. The van der Waals surface area contributed by atoms with Gasteiger partial charge in [0.2, 0.25) is 5.88 Å². The summed E-state index contributed by atoms with van der Waals surface area (Å²) in [5.74, 6) is 1.18. The van der Waals surface area contributed by atoms with Crippen LogP contribution in [0.25, 0.3) is 0 Å². The van der Waals surface area contributed by atoms with E-state index >= 15 is 0 Å². The molecule has 0 spiro atoms. The maximum Gasteiger partial charge on any atom is 0.219 e. The van der Waals surface area contributed by atoms with Gasteiger partial charge in [-0.2, -0.15) is 0 Å². The second kappa shape index (κ2) is 6.73. The topological polar surface area (TPSA) is 34.1 Å². The van der Waals surface area contributed by atoms with E-state index in [1.165, 1.54) is 0 Å². The molecule has 1 aromatic heterocycles. The summed E-state index contributed by atoms with van der Waals surface area (Å²) in [5, 5.41) is 3.93. The number of hydrogen-bond donors (Lipinski definition) is 1. The minimum absolute atomic E-state index is 0.456. The Morgan fingerprint density at radius 3 is 2.70 bits per heavy atom. The summed E-state index contributed by atoms with van der Waals surface area (Å²) in [6.07, 6.45) is 1.81. The van der Waals surface area contributed by atoms with Crippen molar-refractivity contribution >= 4 is 11.6 Å². The fourth-order valence-electron chi connectivity index (χ4n) is 1.70. The highest BCUT2D eigenvalue weighted by molar-refractivity contribution is 6.32. The molecule has 0 bridgehead atoms. The van der Waals surface area contributed by atoms with Gasteiger partial charge in [-0.1, -0.05) is 37.6 Å². The monoisotopic (exact) mass is 290 g/mol. The van der Waals surface area contributed by atoms with Crippen LogP contribution in [0, 0.1) is 6.92 Å². The number of aromatic nitrogens is 1. The highest BCUT2D eigenvalue weighted by Crippen LogP contribution is 2.29. The van der Waals surface area contributed by atoms with Crippen LogP contribution < -0.4 is 10.1 Å². The zero-order chi connectivity index (χ0) is 14.5. The molecule has 1 N–H and O–H groups in total. The Kier molecular flexibility index (Phi) is 4.99. The van der Waals surface area contributed by atoms with Crippen molar-refractivity contribution in [2.24, 2.45) is 0 Å². The third-order valence-electron chi connectivity index (χ3n) is 2.81. The van der Waals surface area contributed by atoms with Crippen molar-refractivity contribution in [3.63, 3.8) is 0 Å². The van der Waals surface area contributed by atoms with Gasteiger partial charge in [-0.3, -0.25) is 0 Å². The molecule has 0 aliphatic carbocycles. The molecule has 0 saturated carbocycles. The molecule has 106 valence electrons. The maximum absolute atomic E-state index is 6.10. The van der Waals surface area contributed by atoms with E-state index in [1.807, 2.05) is 43.5 Å². The van der Waals surface area contributed by atoms with Crippen molar-refractivity contribution < 1.29 is 4.74 Å². The Labute approximate surface area is 124 Å². The Morgan fingerprint density at radius 1 is 1.25 bits per heavy atom. The van der Waals surface area contributed by atoms with Crippen molar-refractivity contribution in [2.75, 3.05) is 0 Å². The van der Waals surface area contributed by atoms with Crippen molar-refractivity contribution in [2.45, 2.75) is 33.4 Å². The number of pyridine rings is 1. The molecule has 2 rings (SSSR count). The van der Waals surface area contributed by atoms with Gasteiger partial charge in [0, 0.05) is 24.8 Å². The average Bonchev–Trinajstić information content (AvgIpc) is 2.42. The number of nitrogens with one attached hydrogen (secondary N) is 1. The number of halogens is 1. The molecular weight excluding hydrogens is 272 g/mol. The molecule has 0 fully saturated rings. The molecule has 0 unspecified atom stereocenters. The summed E-state index contributed by atoms with van der Waals surface area (Å²) < 4.78 is 5.71. The molecule has 0 radical (unpaired) electrons. The maximum atomic E-state index is 6.10. The van der Waals surface area contributed by atoms with E-state index in [9.17, 15) is 0 Å². The second-order valence-corrected chi connectivity index (χ2v) is 5.48. The molecular formula is C16H19ClN2O. The standard InChI is InChI=1S/C16H19ClN2O/c1-11(2)18-9-13-5-7-16(19-10-13)20-15-8-12(3)4-6-14(15)17/h4-8,10-11,18H,9H2,1-3H3. The summed E-state index contributed by atoms with van der Waals surface area (Å²) in [7, 11) is 0. The van der Waals surface area contributed by atoms with E-state index in [2.05, 4.69) is 24.1 Å². The van der Waals surface area contributed by atoms with Gasteiger partial charge in [-0.15, -0.1) is 0 Å². The van der Waals surface area contributed by atoms with Crippen LogP contribution in [0.5, 0.6) is 11.6 Å². The predicted octanol–water partition coefficient (Wildman–Crippen LogP) is 4.33. The molecule has 0 amide bonds. The average molecular weight is 291 g/mol. The molecule has 1 heterocycles. The molecule has 3 nitrogen and oxygen atoms in total. The summed E-state index contributed by atoms with van der Waals surface area (Å²) in [6, 6.07) is 9.99. The number of nitrogens with zero attached hydrogens (tertiary/aromatic N) is 1. The summed E-state index contributed by atoms with van der Waals surface area (Å²) >= 11 is 6.10. The van der Waals surface area contributed by atoms with Gasteiger partial charge in [0.15, 0.2) is 0 Å². The van der Waals surface area contributed by atoms with E-state index in [4.69, 9.17) is 16.3 Å². The van der Waals surface area contributed by atoms with Crippen LogP contribution in [0.3, 0.4) is 0 Å². The number of aryl methyl sites for hydroxylation is 1. The lowest BCUT2D eigenvalue weighted by Gasteiger charge is -2.10. The van der Waals surface area contributed by atoms with Gasteiger partial charge < -0.3 is 10.1 Å². The van der Waals surface area contributed by atoms with Crippen LogP contribution in [0.4, 0.5) is 0 Å². The molecule has 0 atom stereocenters. The van der Waals surface area contributed by atoms with Gasteiger partial charge in [-0.25, -0.2) is 4.98 Å². The SMILES string of the molecule is Cc1ccc(Cl)c(Oc2ccc(CNC(C)C)cn2)c1. The number of benzene rings is 1. The first-order chi connectivity index (χ1) is 9.54. The quantitative estimate of drug-likeness (QED) is 0.890. The zero-order valence-electron chi connectivity index (χ0n) is 12.0. The summed E-state index contributed by atoms with van der Waals surface area (Å²) in [4.78, 5) is 4.30. The number of ether oxygens (including phenoxy) is 1. The van der Waals surface area contributed by atoms with Crippen molar-refractivity contribution in [3.8, 4) is 11.6 Å². The smallest absolute Gasteiger partial charge is 0.219 e. The van der Waals surface area contributed by atoms with Crippen molar-refractivity contribution in [1.29, 1.82) is 0 Å². The lowest BCUT2D eigenvalue weighted by Crippen LogP contribution is -2.21. The largest absolute Gasteiger partial charge is 0.437 e. The molecule has 0 aliphatic heterocycles. The van der Waals surface area contributed by atoms with Crippen LogP contribution in [-0.2, 0) is 6.54 Å². The third kappa shape index (κ3) is 4.22. The highest BCUT2D eigenvalue weighted by Gasteiger charge is 2.05. The normalized spacial score (nSPS) is 10.8. The fourth-order valence-corrected chi connectivity index (χ4v) is 1.86. The molecule has 2 aromatic rings. The minimum Gasteiger partial charge on any atom is -0.437 e. The summed E-state index contributed by atoms with van der Waals surface area (Å²) in [5.41, 5.74) is 2.23. The van der Waals surface area contributed by atoms with E-state index in [1.54, 1.807) is 0 Å². The molecule has 0 aliphatic rings. The van der Waals surface area contributed by atoms with Crippen LogP contribution in [-0.4, -0.2) is 11.0 Å². The van der Waals surface area contributed by atoms with Crippen molar-refractivity contribution in [1.82, 2.24) is 10.3 Å². The van der Waals surface area contributed by atoms with E-state index in [0.717, 1.165) is 17.7 Å². The molecule has 20 heavy (non-hydrogen) atoms. The van der Waals surface area contributed by atoms with Gasteiger partial charge in [0.25, 0.3) is 0 Å². The highest BCUT2D eigenvalue weighted by atomic mass is 35.5. The van der Waals surface area contributed by atoms with Crippen molar-refractivity contribution in [3.05, 3.63) is 52.7 Å². The Morgan fingerprint density at radius 2 is 2.05 bits per heavy atom. The van der Waals surface area contributed by atoms with E-state index in [0.29, 0.717) is 22.7 Å². The minimum atomic E-state index is 0.456. The second-order valence-electron chi connectivity index (χ2n) is 5.08. The molecule has 0 saturated heterocycles.